The van der Waals surface area contributed by atoms with E-state index in [0.717, 1.165) is 56.9 Å². The van der Waals surface area contributed by atoms with Crippen molar-refractivity contribution in [2.24, 2.45) is 50.2 Å². The molecule has 0 radical (unpaired) electrons. The molecule has 0 amide bonds. The summed E-state index contributed by atoms with van der Waals surface area (Å²) in [4.78, 5) is 44.5. The highest BCUT2D eigenvalue weighted by atomic mass is 16.6. The number of ether oxygens (including phenoxy) is 1. The number of fused-ring (bicyclic) bond motifs is 7. The van der Waals surface area contributed by atoms with E-state index in [-0.39, 0.29) is 62.6 Å². The van der Waals surface area contributed by atoms with Gasteiger partial charge in [0.2, 0.25) is 5.70 Å². The first-order valence-electron chi connectivity index (χ1n) is 16.3. The van der Waals surface area contributed by atoms with E-state index in [1.807, 2.05) is 46.8 Å². The molecule has 0 aromatic carbocycles. The predicted molar refractivity (Wildman–Crippen MR) is 165 cm³/mol. The largest absolute Gasteiger partial charge is 0.460 e. The average molecular weight is 576 g/mol. The summed E-state index contributed by atoms with van der Waals surface area (Å²) in [5.41, 5.74) is -0.620. The lowest BCUT2D eigenvalue weighted by Gasteiger charge is -2.69. The molecule has 5 aliphatic carbocycles. The molecule has 3 fully saturated rings. The second-order valence-electron chi connectivity index (χ2n) is 17.7. The van der Waals surface area contributed by atoms with Crippen LogP contribution in [-0.2, 0) is 19.1 Å². The third kappa shape index (κ3) is 4.40. The molecule has 0 heterocycles. The maximum absolute atomic E-state index is 14.6. The van der Waals surface area contributed by atoms with Gasteiger partial charge in [0.15, 0.2) is 11.6 Å². The molecule has 0 bridgehead atoms. The van der Waals surface area contributed by atoms with Crippen molar-refractivity contribution in [3.8, 4) is 0 Å². The molecule has 230 valence electrons. The zero-order chi connectivity index (χ0) is 31.3. The third-order valence-electron chi connectivity index (χ3n) is 13.3. The van der Waals surface area contributed by atoms with Crippen LogP contribution >= 0.6 is 0 Å². The highest BCUT2D eigenvalue weighted by Gasteiger charge is 2.69. The number of ketones is 2. The highest BCUT2D eigenvalue weighted by molar-refractivity contribution is 6.03. The van der Waals surface area contributed by atoms with Gasteiger partial charge < -0.3 is 9.53 Å². The summed E-state index contributed by atoms with van der Waals surface area (Å²) in [6.45, 7) is 29.2. The number of hydrogen-bond donors (Lipinski definition) is 0. The summed E-state index contributed by atoms with van der Waals surface area (Å²) in [5.74, 6) is 0.201. The normalized spacial score (nSPS) is 42.1. The Bertz CT molecular complexity index is 1320. The molecule has 0 aromatic rings. The summed E-state index contributed by atoms with van der Waals surface area (Å²) in [6.07, 6.45) is 12.1. The molecule has 42 heavy (non-hydrogen) atoms. The summed E-state index contributed by atoms with van der Waals surface area (Å²) < 4.78 is 5.72. The predicted octanol–water partition coefficient (Wildman–Crippen LogP) is 8.68. The van der Waals surface area contributed by atoms with Gasteiger partial charge in [0.25, 0.3) is 0 Å². The number of allylic oxidation sites excluding steroid dienone is 4. The molecule has 5 aliphatic rings. The Balaban J connectivity index is 1.59. The Hall–Kier alpha value is -2.22. The van der Waals surface area contributed by atoms with E-state index >= 15 is 0 Å². The lowest BCUT2D eigenvalue weighted by atomic mass is 9.34. The lowest BCUT2D eigenvalue weighted by molar-refractivity contribution is -0.175. The number of rotatable bonds is 3. The van der Waals surface area contributed by atoms with Crippen LogP contribution in [-0.4, -0.2) is 23.1 Å². The standard InChI is InChI=1S/C37H53NO4/c1-31(2,3)42-28(40)13-15-37-18-16-32(4,5)21-23(37)29-25(39)20-27-34(8)22-24(38-11)30(41)33(6,7)26(34)12-14-35(27,9)36(29,10)17-19-37/h20,22-23,26,29H,12-19,21H2,1-10H3/t23-,26-,29-,34-,35+,36+,37+/m0/s1. The van der Waals surface area contributed by atoms with Gasteiger partial charge in [-0.25, -0.2) is 4.85 Å². The SMILES string of the molecule is [C-]#[N+]C1=C[C@]2(C)C3=CC(=O)[C@@H]4[C@@H]5CC(C)(C)CC[C@]5(CCC(=O)OC(C)(C)C)CC[C@@]4(C)[C@]3(C)CC[C@H]2C(C)(C)C1=O. The van der Waals surface area contributed by atoms with Crippen LogP contribution < -0.4 is 0 Å². The first-order valence-corrected chi connectivity index (χ1v) is 16.3. The van der Waals surface area contributed by atoms with Crippen LogP contribution in [0.1, 0.15) is 127 Å². The summed E-state index contributed by atoms with van der Waals surface area (Å²) >= 11 is 0. The monoisotopic (exact) mass is 575 g/mol. The molecule has 5 nitrogen and oxygen atoms in total. The Morgan fingerprint density at radius 3 is 2.26 bits per heavy atom. The van der Waals surface area contributed by atoms with Crippen LogP contribution in [0.4, 0.5) is 0 Å². The molecular formula is C37H53NO4. The molecule has 5 heteroatoms. The second-order valence-corrected chi connectivity index (χ2v) is 17.7. The van der Waals surface area contributed by atoms with Crippen LogP contribution in [0.2, 0.25) is 0 Å². The first-order chi connectivity index (χ1) is 19.2. The zero-order valence-electron chi connectivity index (χ0n) is 27.8. The van der Waals surface area contributed by atoms with Crippen molar-refractivity contribution in [2.45, 2.75) is 133 Å². The molecule has 0 unspecified atom stereocenters. The highest BCUT2D eigenvalue weighted by Crippen LogP contribution is 2.75. The van der Waals surface area contributed by atoms with E-state index in [2.05, 4.69) is 39.5 Å². The molecule has 0 spiro atoms. The van der Waals surface area contributed by atoms with Crippen LogP contribution in [0.25, 0.3) is 4.85 Å². The van der Waals surface area contributed by atoms with E-state index in [1.165, 1.54) is 0 Å². The fourth-order valence-corrected chi connectivity index (χ4v) is 10.9. The van der Waals surface area contributed by atoms with Crippen molar-refractivity contribution >= 4 is 17.5 Å². The molecule has 5 rings (SSSR count). The molecule has 0 aliphatic heterocycles. The maximum atomic E-state index is 14.6. The maximum Gasteiger partial charge on any atom is 0.306 e. The van der Waals surface area contributed by atoms with Crippen molar-refractivity contribution in [1.29, 1.82) is 0 Å². The summed E-state index contributed by atoms with van der Waals surface area (Å²) in [6, 6.07) is 0. The topological polar surface area (TPSA) is 64.8 Å². The van der Waals surface area contributed by atoms with Crippen molar-refractivity contribution in [1.82, 2.24) is 0 Å². The van der Waals surface area contributed by atoms with Gasteiger partial charge in [0.05, 0.1) is 6.57 Å². The molecule has 0 N–H and O–H groups in total. The minimum Gasteiger partial charge on any atom is -0.460 e. The van der Waals surface area contributed by atoms with Gasteiger partial charge in [-0.2, -0.15) is 0 Å². The Morgan fingerprint density at radius 1 is 1.00 bits per heavy atom. The molecule has 0 aromatic heterocycles. The number of carbonyl (C=O) groups excluding carboxylic acids is 3. The smallest absolute Gasteiger partial charge is 0.306 e. The second kappa shape index (κ2) is 9.39. The van der Waals surface area contributed by atoms with Gasteiger partial charge in [-0.3, -0.25) is 9.59 Å². The van der Waals surface area contributed by atoms with E-state index in [9.17, 15) is 14.4 Å². The van der Waals surface area contributed by atoms with Crippen molar-refractivity contribution < 1.29 is 19.1 Å². The van der Waals surface area contributed by atoms with Gasteiger partial charge in [-0.1, -0.05) is 60.1 Å². The van der Waals surface area contributed by atoms with Gasteiger partial charge in [-0.05, 0) is 112 Å². The zero-order valence-corrected chi connectivity index (χ0v) is 27.8. The van der Waals surface area contributed by atoms with Crippen LogP contribution in [0.3, 0.4) is 0 Å². The lowest BCUT2D eigenvalue weighted by Crippen LogP contribution is -2.64. The minimum atomic E-state index is -0.650. The first kappa shape index (κ1) is 31.2. The minimum absolute atomic E-state index is 0.0362. The Kier molecular flexibility index (Phi) is 6.98. The van der Waals surface area contributed by atoms with E-state index in [1.54, 1.807) is 0 Å². The average Bonchev–Trinajstić information content (AvgIpc) is 2.85. The fraction of sp³-hybridized carbons (Fsp3) is 0.784. The number of nitrogens with zero attached hydrogens (tertiary/aromatic N) is 1. The van der Waals surface area contributed by atoms with E-state index < -0.39 is 16.4 Å². The Labute approximate surface area is 254 Å². The van der Waals surface area contributed by atoms with Gasteiger partial charge in [0, 0.05) is 23.2 Å². The van der Waals surface area contributed by atoms with Crippen molar-refractivity contribution in [3.63, 3.8) is 0 Å². The van der Waals surface area contributed by atoms with E-state index in [4.69, 9.17) is 11.3 Å². The van der Waals surface area contributed by atoms with Crippen LogP contribution in [0.15, 0.2) is 23.4 Å². The number of hydrogen-bond acceptors (Lipinski definition) is 4. The Morgan fingerprint density at radius 2 is 1.64 bits per heavy atom. The molecule has 0 saturated heterocycles. The number of esters is 1. The van der Waals surface area contributed by atoms with Crippen LogP contribution in [0, 0.1) is 56.8 Å². The van der Waals surface area contributed by atoms with Crippen molar-refractivity contribution in [2.75, 3.05) is 0 Å². The molecule has 7 atom stereocenters. The quantitative estimate of drug-likeness (QED) is 0.249. The number of carbonyl (C=O) groups is 3. The fourth-order valence-electron chi connectivity index (χ4n) is 10.9. The van der Waals surface area contributed by atoms with Crippen LogP contribution in [0.5, 0.6) is 0 Å². The van der Waals surface area contributed by atoms with Gasteiger partial charge in [0.1, 0.15) is 5.60 Å². The van der Waals surface area contributed by atoms with Gasteiger partial charge >= 0.3 is 5.97 Å². The number of Topliss-reactive ketones (excluding diaryl/α,β-unsaturated/α-hetero) is 1. The molecular weight excluding hydrogens is 522 g/mol. The summed E-state index contributed by atoms with van der Waals surface area (Å²) in [5, 5.41) is 0. The third-order valence-corrected chi connectivity index (χ3v) is 13.3. The van der Waals surface area contributed by atoms with E-state index in [0.29, 0.717) is 6.42 Å². The summed E-state index contributed by atoms with van der Waals surface area (Å²) in [7, 11) is 0. The van der Waals surface area contributed by atoms with Crippen molar-refractivity contribution in [3.05, 3.63) is 34.8 Å². The molecule has 3 saturated carbocycles. The van der Waals surface area contributed by atoms with Gasteiger partial charge in [-0.15, -0.1) is 0 Å².